The molecule has 0 unspecified atom stereocenters. The molecule has 1 aliphatic rings. The number of benzene rings is 1. The van der Waals surface area contributed by atoms with E-state index in [0.717, 1.165) is 23.4 Å². The van der Waals surface area contributed by atoms with Crippen LogP contribution in [0.4, 0.5) is 11.4 Å². The molecule has 120 valence electrons. The van der Waals surface area contributed by atoms with Gasteiger partial charge < -0.3 is 9.88 Å². The van der Waals surface area contributed by atoms with E-state index in [-0.39, 0.29) is 18.2 Å². The maximum absolute atomic E-state index is 12.8. The molecule has 2 aromatic rings. The molecule has 0 saturated heterocycles. The van der Waals surface area contributed by atoms with Crippen molar-refractivity contribution in [2.45, 2.75) is 20.3 Å². The van der Waals surface area contributed by atoms with Gasteiger partial charge >= 0.3 is 0 Å². The van der Waals surface area contributed by atoms with Crippen LogP contribution in [0.25, 0.3) is 0 Å². The lowest BCUT2D eigenvalue weighted by molar-refractivity contribution is -0.117. The number of aromatic nitrogens is 1. The van der Waals surface area contributed by atoms with E-state index in [4.69, 9.17) is 0 Å². The number of rotatable bonds is 3. The average Bonchev–Trinajstić information content (AvgIpc) is 2.74. The van der Waals surface area contributed by atoms with Crippen LogP contribution in [0.1, 0.15) is 28.5 Å². The third-order valence-electron chi connectivity index (χ3n) is 4.18. The van der Waals surface area contributed by atoms with Crippen LogP contribution >= 0.6 is 0 Å². The molecule has 2 heterocycles. The standard InChI is InChI=1S/C18H21N3O2/c1-4-19-10-16(23)21-14-8-6-5-7-13(14)9-15(22)18-17(21)12(2)11-20(18)3/h5-8,11,19H,4,9-10H2,1-3H3. The van der Waals surface area contributed by atoms with Gasteiger partial charge in [0.15, 0.2) is 5.78 Å². The Hall–Kier alpha value is -2.40. The fourth-order valence-corrected chi connectivity index (χ4v) is 3.21. The predicted octanol–water partition coefficient (Wildman–Crippen LogP) is 2.35. The highest BCUT2D eigenvalue weighted by molar-refractivity contribution is 6.13. The van der Waals surface area contributed by atoms with Crippen molar-refractivity contribution in [2.75, 3.05) is 18.0 Å². The Morgan fingerprint density at radius 3 is 2.78 bits per heavy atom. The summed E-state index contributed by atoms with van der Waals surface area (Å²) in [7, 11) is 1.85. The highest BCUT2D eigenvalue weighted by Crippen LogP contribution is 2.38. The second-order valence-electron chi connectivity index (χ2n) is 5.86. The molecular weight excluding hydrogens is 290 g/mol. The minimum atomic E-state index is -0.0513. The molecule has 0 fully saturated rings. The number of para-hydroxylation sites is 1. The number of likely N-dealkylation sites (N-methyl/N-ethyl adjacent to an activating group) is 1. The van der Waals surface area contributed by atoms with Crippen molar-refractivity contribution >= 4 is 23.1 Å². The Labute approximate surface area is 135 Å². The molecule has 1 N–H and O–H groups in total. The lowest BCUT2D eigenvalue weighted by Gasteiger charge is -2.24. The van der Waals surface area contributed by atoms with Gasteiger partial charge in [-0.1, -0.05) is 25.1 Å². The first-order chi connectivity index (χ1) is 11.0. The molecule has 0 saturated carbocycles. The molecule has 23 heavy (non-hydrogen) atoms. The van der Waals surface area contributed by atoms with E-state index in [1.165, 1.54) is 0 Å². The number of anilines is 2. The van der Waals surface area contributed by atoms with Crippen LogP contribution in [0.2, 0.25) is 0 Å². The van der Waals surface area contributed by atoms with E-state index in [9.17, 15) is 9.59 Å². The number of fused-ring (bicyclic) bond motifs is 2. The van der Waals surface area contributed by atoms with Crippen LogP contribution in [-0.4, -0.2) is 29.3 Å². The second kappa shape index (κ2) is 6.01. The molecule has 3 rings (SSSR count). The molecule has 1 aromatic heterocycles. The van der Waals surface area contributed by atoms with Gasteiger partial charge in [-0.2, -0.15) is 0 Å². The van der Waals surface area contributed by atoms with E-state index in [0.29, 0.717) is 17.8 Å². The Morgan fingerprint density at radius 2 is 2.04 bits per heavy atom. The minimum absolute atomic E-state index is 0.0433. The summed E-state index contributed by atoms with van der Waals surface area (Å²) in [5, 5.41) is 3.08. The van der Waals surface area contributed by atoms with Crippen LogP contribution in [0, 0.1) is 6.92 Å². The molecule has 0 bridgehead atoms. The summed E-state index contributed by atoms with van der Waals surface area (Å²) in [5.41, 5.74) is 3.93. The van der Waals surface area contributed by atoms with Gasteiger partial charge in [0.25, 0.3) is 0 Å². The maximum Gasteiger partial charge on any atom is 0.245 e. The highest BCUT2D eigenvalue weighted by Gasteiger charge is 2.32. The third-order valence-corrected chi connectivity index (χ3v) is 4.18. The molecule has 5 heteroatoms. The molecule has 0 spiro atoms. The van der Waals surface area contributed by atoms with Crippen LogP contribution in [0.3, 0.4) is 0 Å². The number of Topliss-reactive ketones (excluding diaryl/α,β-unsaturated/α-hetero) is 1. The zero-order valence-corrected chi connectivity index (χ0v) is 13.7. The van der Waals surface area contributed by atoms with Crippen molar-refractivity contribution < 1.29 is 9.59 Å². The molecule has 5 nitrogen and oxygen atoms in total. The Balaban J connectivity index is 2.22. The summed E-state index contributed by atoms with van der Waals surface area (Å²) in [4.78, 5) is 27.3. The van der Waals surface area contributed by atoms with Crippen LogP contribution < -0.4 is 10.2 Å². The smallest absolute Gasteiger partial charge is 0.245 e. The fraction of sp³-hybridized carbons (Fsp3) is 0.333. The largest absolute Gasteiger partial charge is 0.346 e. The monoisotopic (exact) mass is 311 g/mol. The molecule has 0 radical (unpaired) electrons. The summed E-state index contributed by atoms with van der Waals surface area (Å²) in [6, 6.07) is 7.64. The molecule has 0 aliphatic carbocycles. The lowest BCUT2D eigenvalue weighted by atomic mass is 10.1. The number of nitrogens with one attached hydrogen (secondary N) is 1. The molecule has 1 aromatic carbocycles. The average molecular weight is 311 g/mol. The summed E-state index contributed by atoms with van der Waals surface area (Å²) >= 11 is 0. The first-order valence-electron chi connectivity index (χ1n) is 7.85. The number of ketones is 1. The number of nitrogens with zero attached hydrogens (tertiary/aromatic N) is 2. The first kappa shape index (κ1) is 15.5. The van der Waals surface area contributed by atoms with Crippen molar-refractivity contribution in [1.29, 1.82) is 0 Å². The van der Waals surface area contributed by atoms with Crippen LogP contribution in [0.15, 0.2) is 30.5 Å². The first-order valence-corrected chi connectivity index (χ1v) is 7.85. The fourth-order valence-electron chi connectivity index (χ4n) is 3.21. The number of carbonyl (C=O) groups excluding carboxylic acids is 2. The van der Waals surface area contributed by atoms with Gasteiger partial charge in [-0.15, -0.1) is 0 Å². The van der Waals surface area contributed by atoms with Gasteiger partial charge in [-0.3, -0.25) is 14.5 Å². The Kier molecular flexibility index (Phi) is 4.05. The summed E-state index contributed by atoms with van der Waals surface area (Å²) in [6.45, 7) is 4.87. The lowest BCUT2D eigenvalue weighted by Crippen LogP contribution is -2.35. The van der Waals surface area contributed by atoms with Crippen molar-refractivity contribution in [3.05, 3.63) is 47.3 Å². The Morgan fingerprint density at radius 1 is 1.30 bits per heavy atom. The normalized spacial score (nSPS) is 13.5. The van der Waals surface area contributed by atoms with E-state index in [2.05, 4.69) is 5.32 Å². The number of carbonyl (C=O) groups is 2. The number of aryl methyl sites for hydroxylation is 2. The number of hydrogen-bond acceptors (Lipinski definition) is 3. The molecule has 1 amide bonds. The maximum atomic E-state index is 12.8. The van der Waals surface area contributed by atoms with Gasteiger partial charge in [0, 0.05) is 19.7 Å². The van der Waals surface area contributed by atoms with E-state index in [1.54, 1.807) is 4.90 Å². The van der Waals surface area contributed by atoms with Crippen molar-refractivity contribution in [1.82, 2.24) is 9.88 Å². The van der Waals surface area contributed by atoms with Crippen molar-refractivity contribution in [3.8, 4) is 0 Å². The summed E-state index contributed by atoms with van der Waals surface area (Å²) in [6.07, 6.45) is 2.22. The number of amides is 1. The van der Waals surface area contributed by atoms with Gasteiger partial charge in [-0.05, 0) is 30.7 Å². The second-order valence-corrected chi connectivity index (χ2v) is 5.86. The topological polar surface area (TPSA) is 54.3 Å². The van der Waals surface area contributed by atoms with Crippen LogP contribution in [0.5, 0.6) is 0 Å². The quantitative estimate of drug-likeness (QED) is 0.946. The van der Waals surface area contributed by atoms with E-state index < -0.39 is 0 Å². The predicted molar refractivity (Wildman–Crippen MR) is 90.3 cm³/mol. The third kappa shape index (κ3) is 2.57. The van der Waals surface area contributed by atoms with Gasteiger partial charge in [0.05, 0.1) is 17.9 Å². The van der Waals surface area contributed by atoms with Crippen LogP contribution in [-0.2, 0) is 18.3 Å². The molecular formula is C18H21N3O2. The van der Waals surface area contributed by atoms with E-state index in [1.807, 2.05) is 55.9 Å². The minimum Gasteiger partial charge on any atom is -0.346 e. The van der Waals surface area contributed by atoms with Gasteiger partial charge in [0.2, 0.25) is 5.91 Å². The zero-order chi connectivity index (χ0) is 16.6. The number of hydrogen-bond donors (Lipinski definition) is 1. The molecule has 1 aliphatic heterocycles. The van der Waals surface area contributed by atoms with Gasteiger partial charge in [-0.25, -0.2) is 0 Å². The van der Waals surface area contributed by atoms with Crippen molar-refractivity contribution in [2.24, 2.45) is 7.05 Å². The van der Waals surface area contributed by atoms with Crippen molar-refractivity contribution in [3.63, 3.8) is 0 Å². The molecule has 0 atom stereocenters. The van der Waals surface area contributed by atoms with E-state index >= 15 is 0 Å². The Bertz CT molecular complexity index is 777. The zero-order valence-electron chi connectivity index (χ0n) is 13.7. The van der Waals surface area contributed by atoms with Gasteiger partial charge in [0.1, 0.15) is 5.69 Å². The summed E-state index contributed by atoms with van der Waals surface area (Å²) < 4.78 is 1.83. The SMILES string of the molecule is CCNCC(=O)N1c2ccccc2CC(=O)c2c1c(C)cn2C. The summed E-state index contributed by atoms with van der Waals surface area (Å²) in [5.74, 6) is -0.00801. The highest BCUT2D eigenvalue weighted by atomic mass is 16.2.